The fourth-order valence-corrected chi connectivity index (χ4v) is 3.45. The van der Waals surface area contributed by atoms with E-state index >= 15 is 0 Å². The molecule has 2 bridgehead atoms. The molecule has 0 aliphatic heterocycles. The van der Waals surface area contributed by atoms with Gasteiger partial charge in [-0.1, -0.05) is 12.2 Å². The highest BCUT2D eigenvalue weighted by Gasteiger charge is 2.15. The first-order chi connectivity index (χ1) is 8.63. The summed E-state index contributed by atoms with van der Waals surface area (Å²) in [6.45, 7) is 4.32. The number of allylic oxidation sites excluding steroid dienone is 6. The van der Waals surface area contributed by atoms with Gasteiger partial charge in [-0.3, -0.25) is 4.79 Å². The summed E-state index contributed by atoms with van der Waals surface area (Å²) in [5.74, 6) is 0.0596. The van der Waals surface area contributed by atoms with Gasteiger partial charge in [0.15, 0.2) is 5.78 Å². The van der Waals surface area contributed by atoms with Gasteiger partial charge in [-0.2, -0.15) is 0 Å². The maximum Gasteiger partial charge on any atom is 0.178 e. The smallest absolute Gasteiger partial charge is 0.178 e. The number of rotatable bonds is 0. The fraction of sp³-hybridized carbons (Fsp3) is 0.188. The van der Waals surface area contributed by atoms with E-state index in [1.807, 2.05) is 23.5 Å². The zero-order valence-corrected chi connectivity index (χ0v) is 11.3. The Hall–Kier alpha value is -1.67. The van der Waals surface area contributed by atoms with Gasteiger partial charge in [0.2, 0.25) is 0 Å². The zero-order chi connectivity index (χ0) is 12.7. The molecule has 1 aromatic rings. The topological polar surface area (TPSA) is 17.1 Å². The second-order valence-corrected chi connectivity index (χ2v) is 6.15. The minimum atomic E-state index is 0.0596. The van der Waals surface area contributed by atoms with Gasteiger partial charge in [0, 0.05) is 9.75 Å². The number of aryl methyl sites for hydroxylation is 2. The Morgan fingerprint density at radius 1 is 0.889 bits per heavy atom. The van der Waals surface area contributed by atoms with Crippen LogP contribution < -0.4 is 0 Å². The Balaban J connectivity index is 2.26. The van der Waals surface area contributed by atoms with Crippen LogP contribution >= 0.6 is 11.3 Å². The van der Waals surface area contributed by atoms with E-state index in [4.69, 9.17) is 0 Å². The number of fused-ring (bicyclic) bond motifs is 3. The van der Waals surface area contributed by atoms with E-state index in [-0.39, 0.29) is 5.78 Å². The molecule has 0 saturated heterocycles. The molecule has 90 valence electrons. The van der Waals surface area contributed by atoms with Crippen LogP contribution in [0.3, 0.4) is 0 Å². The quantitative estimate of drug-likeness (QED) is 0.677. The molecular formula is C16H14OS. The molecule has 2 heteroatoms. The minimum Gasteiger partial charge on any atom is -0.290 e. The van der Waals surface area contributed by atoms with Crippen LogP contribution in [0.1, 0.15) is 27.3 Å². The Labute approximate surface area is 111 Å². The lowest BCUT2D eigenvalue weighted by Crippen LogP contribution is -1.92. The standard InChI is InChI=1S/C16H14OS/c1-10-15-8-12-3-5-14(17)6-4-13(7-12)9-16(15)11(2)18-10/h3-6,8-9H,7H2,1-2H3. The van der Waals surface area contributed by atoms with Crippen molar-refractivity contribution in [3.8, 4) is 0 Å². The molecule has 1 heterocycles. The predicted octanol–water partition coefficient (Wildman–Crippen LogP) is 4.23. The van der Waals surface area contributed by atoms with Crippen LogP contribution in [0.25, 0.3) is 12.2 Å². The van der Waals surface area contributed by atoms with Crippen molar-refractivity contribution in [1.82, 2.24) is 0 Å². The maximum absolute atomic E-state index is 11.5. The van der Waals surface area contributed by atoms with E-state index < -0.39 is 0 Å². The monoisotopic (exact) mass is 254 g/mol. The lowest BCUT2D eigenvalue weighted by molar-refractivity contribution is -0.110. The molecule has 0 saturated carbocycles. The molecule has 18 heavy (non-hydrogen) atoms. The molecule has 0 N–H and O–H groups in total. The highest BCUT2D eigenvalue weighted by Crippen LogP contribution is 2.35. The molecule has 0 radical (unpaired) electrons. The van der Waals surface area contributed by atoms with Crippen molar-refractivity contribution in [3.05, 3.63) is 56.3 Å². The predicted molar refractivity (Wildman–Crippen MR) is 77.7 cm³/mol. The normalized spacial score (nSPS) is 17.6. The maximum atomic E-state index is 11.5. The number of carbonyl (C=O) groups excluding carboxylic acids is 1. The van der Waals surface area contributed by atoms with Crippen LogP contribution in [0.15, 0.2) is 35.5 Å². The van der Waals surface area contributed by atoms with Crippen molar-refractivity contribution in [2.45, 2.75) is 20.3 Å². The highest BCUT2D eigenvalue weighted by molar-refractivity contribution is 7.12. The minimum absolute atomic E-state index is 0.0596. The number of hydrogen-bond acceptors (Lipinski definition) is 2. The average molecular weight is 254 g/mol. The third kappa shape index (κ3) is 1.93. The Kier molecular flexibility index (Phi) is 2.67. The summed E-state index contributed by atoms with van der Waals surface area (Å²) in [6.07, 6.45) is 12.5. The molecule has 0 fully saturated rings. The average Bonchev–Trinajstić information content (AvgIpc) is 2.54. The van der Waals surface area contributed by atoms with Crippen molar-refractivity contribution in [1.29, 1.82) is 0 Å². The van der Waals surface area contributed by atoms with Gasteiger partial charge in [-0.25, -0.2) is 0 Å². The van der Waals surface area contributed by atoms with Crippen LogP contribution in [0.5, 0.6) is 0 Å². The van der Waals surface area contributed by atoms with Crippen molar-refractivity contribution >= 4 is 29.3 Å². The summed E-state index contributed by atoms with van der Waals surface area (Å²) in [7, 11) is 0. The second-order valence-electron chi connectivity index (χ2n) is 4.73. The molecular weight excluding hydrogens is 240 g/mol. The van der Waals surface area contributed by atoms with E-state index in [9.17, 15) is 4.79 Å². The number of carbonyl (C=O) groups is 1. The van der Waals surface area contributed by atoms with Crippen molar-refractivity contribution in [2.24, 2.45) is 0 Å². The number of ketones is 1. The summed E-state index contributed by atoms with van der Waals surface area (Å²) >= 11 is 1.84. The highest BCUT2D eigenvalue weighted by atomic mass is 32.1. The van der Waals surface area contributed by atoms with Crippen molar-refractivity contribution in [3.63, 3.8) is 0 Å². The summed E-state index contributed by atoms with van der Waals surface area (Å²) in [6, 6.07) is 0. The van der Waals surface area contributed by atoms with Gasteiger partial charge in [0.25, 0.3) is 0 Å². The molecule has 0 aromatic carbocycles. The first kappa shape index (κ1) is 11.4. The first-order valence-electron chi connectivity index (χ1n) is 6.05. The van der Waals surface area contributed by atoms with Gasteiger partial charge in [0.1, 0.15) is 0 Å². The molecule has 1 aromatic heterocycles. The molecule has 0 atom stereocenters. The van der Waals surface area contributed by atoms with Gasteiger partial charge in [-0.15, -0.1) is 11.3 Å². The first-order valence-corrected chi connectivity index (χ1v) is 6.86. The van der Waals surface area contributed by atoms with Crippen molar-refractivity contribution < 1.29 is 4.79 Å². The Morgan fingerprint density at radius 2 is 1.39 bits per heavy atom. The van der Waals surface area contributed by atoms with Gasteiger partial charge in [0.05, 0.1) is 0 Å². The third-order valence-electron chi connectivity index (χ3n) is 3.35. The number of thiophene rings is 1. The molecule has 2 aliphatic rings. The summed E-state index contributed by atoms with van der Waals surface area (Å²) < 4.78 is 0. The molecule has 0 unspecified atom stereocenters. The molecule has 0 amide bonds. The Morgan fingerprint density at radius 3 is 1.89 bits per heavy atom. The van der Waals surface area contributed by atoms with E-state index in [1.165, 1.54) is 32.0 Å². The third-order valence-corrected chi connectivity index (χ3v) is 4.40. The van der Waals surface area contributed by atoms with E-state index in [0.717, 1.165) is 6.42 Å². The van der Waals surface area contributed by atoms with Crippen LogP contribution in [0, 0.1) is 13.8 Å². The summed E-state index contributed by atoms with van der Waals surface area (Å²) in [5.41, 5.74) is 5.04. The molecule has 2 aliphatic carbocycles. The van der Waals surface area contributed by atoms with Gasteiger partial charge in [-0.05, 0) is 66.8 Å². The van der Waals surface area contributed by atoms with Gasteiger partial charge >= 0.3 is 0 Å². The number of hydrogen-bond donors (Lipinski definition) is 0. The molecule has 1 nitrogen and oxygen atoms in total. The zero-order valence-electron chi connectivity index (χ0n) is 10.5. The Bertz CT molecular complexity index is 598. The summed E-state index contributed by atoms with van der Waals surface area (Å²) in [4.78, 5) is 14.2. The SMILES string of the molecule is Cc1sc(C)c2c1C=C1C=CC(=O)C=CC(=C2)C1. The van der Waals surface area contributed by atoms with E-state index in [1.54, 1.807) is 12.2 Å². The van der Waals surface area contributed by atoms with Gasteiger partial charge < -0.3 is 0 Å². The molecule has 3 rings (SSSR count). The summed E-state index contributed by atoms with van der Waals surface area (Å²) in [5, 5.41) is 0. The van der Waals surface area contributed by atoms with Crippen molar-refractivity contribution in [2.75, 3.05) is 0 Å². The van der Waals surface area contributed by atoms with E-state index in [0.29, 0.717) is 0 Å². The lowest BCUT2D eigenvalue weighted by atomic mass is 10.0. The van der Waals surface area contributed by atoms with Crippen LogP contribution in [-0.4, -0.2) is 5.78 Å². The fourth-order valence-electron chi connectivity index (χ4n) is 2.43. The second kappa shape index (κ2) is 4.21. The van der Waals surface area contributed by atoms with Crippen LogP contribution in [-0.2, 0) is 4.79 Å². The molecule has 0 spiro atoms. The lowest BCUT2D eigenvalue weighted by Gasteiger charge is -2.04. The van der Waals surface area contributed by atoms with Crippen LogP contribution in [0.4, 0.5) is 0 Å². The van der Waals surface area contributed by atoms with E-state index in [2.05, 4.69) is 26.0 Å². The largest absolute Gasteiger partial charge is 0.290 e. The van der Waals surface area contributed by atoms with Crippen LogP contribution in [0.2, 0.25) is 0 Å².